The van der Waals surface area contributed by atoms with Crippen LogP contribution < -0.4 is 5.73 Å². The molecule has 0 amide bonds. The third-order valence-corrected chi connectivity index (χ3v) is 4.29. The molecule has 0 aromatic heterocycles. The molecule has 0 aliphatic rings. The van der Waals surface area contributed by atoms with Crippen molar-refractivity contribution in [2.24, 2.45) is 11.7 Å². The van der Waals surface area contributed by atoms with E-state index in [2.05, 4.69) is 51.1 Å². The molecule has 0 fully saturated rings. The molecule has 0 spiro atoms. The second-order valence-corrected chi connectivity index (χ2v) is 5.84. The van der Waals surface area contributed by atoms with Gasteiger partial charge in [-0.15, -0.1) is 0 Å². The van der Waals surface area contributed by atoms with E-state index in [1.54, 1.807) is 0 Å². The zero-order valence-electron chi connectivity index (χ0n) is 12.9. The number of rotatable bonds is 9. The molecular formula is C18H31N. The molecule has 1 aromatic rings. The summed E-state index contributed by atoms with van der Waals surface area (Å²) >= 11 is 0. The summed E-state index contributed by atoms with van der Waals surface area (Å²) < 4.78 is 0. The van der Waals surface area contributed by atoms with Gasteiger partial charge in [0.2, 0.25) is 0 Å². The minimum atomic E-state index is 0.300. The van der Waals surface area contributed by atoms with Crippen LogP contribution in [0.1, 0.15) is 70.8 Å². The van der Waals surface area contributed by atoms with Crippen LogP contribution in [0.3, 0.4) is 0 Å². The Kier molecular flexibility index (Phi) is 7.81. The maximum absolute atomic E-state index is 6.51. The van der Waals surface area contributed by atoms with Gasteiger partial charge in [0.05, 0.1) is 0 Å². The summed E-state index contributed by atoms with van der Waals surface area (Å²) in [6.45, 7) is 6.86. The number of hydrogen-bond acceptors (Lipinski definition) is 1. The molecular weight excluding hydrogens is 230 g/mol. The van der Waals surface area contributed by atoms with Crippen LogP contribution in [0.2, 0.25) is 0 Å². The van der Waals surface area contributed by atoms with Crippen molar-refractivity contribution in [2.45, 2.75) is 71.3 Å². The molecule has 3 atom stereocenters. The van der Waals surface area contributed by atoms with Gasteiger partial charge >= 0.3 is 0 Å². The molecule has 19 heavy (non-hydrogen) atoms. The summed E-state index contributed by atoms with van der Waals surface area (Å²) in [7, 11) is 0. The van der Waals surface area contributed by atoms with Crippen molar-refractivity contribution in [3.63, 3.8) is 0 Å². The van der Waals surface area contributed by atoms with Crippen molar-refractivity contribution < 1.29 is 0 Å². The topological polar surface area (TPSA) is 26.0 Å². The first-order valence-electron chi connectivity index (χ1n) is 8.01. The second-order valence-electron chi connectivity index (χ2n) is 5.84. The first kappa shape index (κ1) is 16.2. The Balaban J connectivity index is 2.64. The van der Waals surface area contributed by atoms with Crippen LogP contribution in [0.15, 0.2) is 30.3 Å². The first-order valence-corrected chi connectivity index (χ1v) is 8.01. The van der Waals surface area contributed by atoms with Crippen LogP contribution in [0.25, 0.3) is 0 Å². The predicted octanol–water partition coefficient (Wildman–Crippen LogP) is 5.11. The fourth-order valence-corrected chi connectivity index (χ4v) is 2.91. The Bertz CT molecular complexity index is 320. The van der Waals surface area contributed by atoms with Crippen molar-refractivity contribution in [2.75, 3.05) is 0 Å². The summed E-state index contributed by atoms with van der Waals surface area (Å²) in [5, 5.41) is 0. The first-order chi connectivity index (χ1) is 9.20. The lowest BCUT2D eigenvalue weighted by Gasteiger charge is -2.29. The number of hydrogen-bond donors (Lipinski definition) is 1. The normalized spacial score (nSPS) is 16.0. The largest absolute Gasteiger partial charge is 0.327 e. The second kappa shape index (κ2) is 9.14. The molecule has 108 valence electrons. The van der Waals surface area contributed by atoms with Crippen LogP contribution in [0, 0.1) is 5.92 Å². The molecule has 0 saturated heterocycles. The maximum Gasteiger partial charge on any atom is 0.0110 e. The molecule has 0 aliphatic carbocycles. The average Bonchev–Trinajstić information content (AvgIpc) is 2.45. The quantitative estimate of drug-likeness (QED) is 0.614. The molecule has 2 N–H and O–H groups in total. The zero-order chi connectivity index (χ0) is 14.1. The highest BCUT2D eigenvalue weighted by Crippen LogP contribution is 2.31. The SMILES string of the molecule is CCCCCCC(N)C(c1ccccc1)C(C)CC. The minimum absolute atomic E-state index is 0.300. The van der Waals surface area contributed by atoms with E-state index in [4.69, 9.17) is 5.73 Å². The molecule has 0 aliphatic heterocycles. The fourth-order valence-electron chi connectivity index (χ4n) is 2.91. The number of benzene rings is 1. The van der Waals surface area contributed by atoms with E-state index in [9.17, 15) is 0 Å². The van der Waals surface area contributed by atoms with Gasteiger partial charge in [-0.2, -0.15) is 0 Å². The fraction of sp³-hybridized carbons (Fsp3) is 0.667. The zero-order valence-corrected chi connectivity index (χ0v) is 12.9. The Hall–Kier alpha value is -0.820. The molecule has 1 nitrogen and oxygen atoms in total. The van der Waals surface area contributed by atoms with E-state index in [1.165, 1.54) is 37.7 Å². The van der Waals surface area contributed by atoms with Gasteiger partial charge in [-0.25, -0.2) is 0 Å². The number of unbranched alkanes of at least 4 members (excludes halogenated alkanes) is 3. The van der Waals surface area contributed by atoms with Crippen LogP contribution >= 0.6 is 0 Å². The van der Waals surface area contributed by atoms with Gasteiger partial charge < -0.3 is 5.73 Å². The van der Waals surface area contributed by atoms with Gasteiger partial charge in [-0.1, -0.05) is 83.2 Å². The molecule has 0 saturated carbocycles. The summed E-state index contributed by atoms with van der Waals surface area (Å²) in [4.78, 5) is 0. The van der Waals surface area contributed by atoms with Gasteiger partial charge in [-0.3, -0.25) is 0 Å². The van der Waals surface area contributed by atoms with Crippen LogP contribution in [-0.4, -0.2) is 6.04 Å². The lowest BCUT2D eigenvalue weighted by molar-refractivity contribution is 0.360. The Morgan fingerprint density at radius 3 is 2.26 bits per heavy atom. The van der Waals surface area contributed by atoms with Gasteiger partial charge in [0, 0.05) is 12.0 Å². The van der Waals surface area contributed by atoms with Gasteiger partial charge in [0.15, 0.2) is 0 Å². The smallest absolute Gasteiger partial charge is 0.0110 e. The summed E-state index contributed by atoms with van der Waals surface area (Å²) in [5.74, 6) is 1.16. The van der Waals surface area contributed by atoms with Crippen LogP contribution in [-0.2, 0) is 0 Å². The standard InChI is InChI=1S/C18H31N/c1-4-6-7-11-14-17(19)18(15(3)5-2)16-12-9-8-10-13-16/h8-10,12-13,15,17-18H,4-7,11,14,19H2,1-3H3. The van der Waals surface area contributed by atoms with Crippen molar-refractivity contribution in [1.29, 1.82) is 0 Å². The Morgan fingerprint density at radius 2 is 1.68 bits per heavy atom. The third kappa shape index (κ3) is 5.36. The van der Waals surface area contributed by atoms with E-state index < -0.39 is 0 Å². The predicted molar refractivity (Wildman–Crippen MR) is 85.4 cm³/mol. The monoisotopic (exact) mass is 261 g/mol. The Labute approximate surface area is 119 Å². The molecule has 0 radical (unpaired) electrons. The minimum Gasteiger partial charge on any atom is -0.327 e. The van der Waals surface area contributed by atoms with Gasteiger partial charge in [0.25, 0.3) is 0 Å². The molecule has 3 unspecified atom stereocenters. The molecule has 1 heteroatoms. The van der Waals surface area contributed by atoms with E-state index in [-0.39, 0.29) is 0 Å². The highest BCUT2D eigenvalue weighted by atomic mass is 14.7. The summed E-state index contributed by atoms with van der Waals surface area (Å²) in [5.41, 5.74) is 7.93. The van der Waals surface area contributed by atoms with Gasteiger partial charge in [0.1, 0.15) is 0 Å². The van der Waals surface area contributed by atoms with Crippen molar-refractivity contribution in [3.8, 4) is 0 Å². The third-order valence-electron chi connectivity index (χ3n) is 4.29. The average molecular weight is 261 g/mol. The van der Waals surface area contributed by atoms with E-state index in [0.717, 1.165) is 6.42 Å². The summed E-state index contributed by atoms with van der Waals surface area (Å²) in [6, 6.07) is 11.1. The lowest BCUT2D eigenvalue weighted by atomic mass is 9.79. The van der Waals surface area contributed by atoms with E-state index in [1.807, 2.05) is 0 Å². The van der Waals surface area contributed by atoms with Crippen LogP contribution in [0.5, 0.6) is 0 Å². The highest BCUT2D eigenvalue weighted by Gasteiger charge is 2.24. The van der Waals surface area contributed by atoms with Crippen LogP contribution in [0.4, 0.5) is 0 Å². The molecule has 0 bridgehead atoms. The van der Waals surface area contributed by atoms with Crippen molar-refractivity contribution in [1.82, 2.24) is 0 Å². The lowest BCUT2D eigenvalue weighted by Crippen LogP contribution is -2.32. The molecule has 0 heterocycles. The maximum atomic E-state index is 6.51. The number of nitrogens with two attached hydrogens (primary N) is 1. The molecule has 1 rings (SSSR count). The van der Waals surface area contributed by atoms with Gasteiger partial charge in [-0.05, 0) is 17.9 Å². The molecule has 1 aromatic carbocycles. The van der Waals surface area contributed by atoms with Crippen molar-refractivity contribution in [3.05, 3.63) is 35.9 Å². The summed E-state index contributed by atoms with van der Waals surface area (Å²) in [6.07, 6.45) is 7.59. The Morgan fingerprint density at radius 1 is 1.00 bits per heavy atom. The van der Waals surface area contributed by atoms with E-state index in [0.29, 0.717) is 17.9 Å². The van der Waals surface area contributed by atoms with Crippen molar-refractivity contribution >= 4 is 0 Å². The highest BCUT2D eigenvalue weighted by molar-refractivity contribution is 5.22. The van der Waals surface area contributed by atoms with E-state index >= 15 is 0 Å².